The maximum Gasteiger partial charge on any atom is 0.227 e. The zero-order chi connectivity index (χ0) is 15.3. The molecular formula is C17H26N2O2. The summed E-state index contributed by atoms with van der Waals surface area (Å²) in [6.45, 7) is 5.88. The van der Waals surface area contributed by atoms with Crippen molar-refractivity contribution in [3.05, 3.63) is 29.8 Å². The zero-order valence-electron chi connectivity index (χ0n) is 13.2. The second-order valence-electron chi connectivity index (χ2n) is 6.02. The fourth-order valence-corrected chi connectivity index (χ4v) is 2.94. The third-order valence-electron chi connectivity index (χ3n) is 4.37. The number of ether oxygens (including phenoxy) is 1. The Balaban J connectivity index is 2.13. The van der Waals surface area contributed by atoms with Crippen molar-refractivity contribution in [3.63, 3.8) is 0 Å². The van der Waals surface area contributed by atoms with Gasteiger partial charge in [0, 0.05) is 12.1 Å². The highest BCUT2D eigenvalue weighted by Gasteiger charge is 2.35. The molecule has 2 rings (SSSR count). The Morgan fingerprint density at radius 1 is 1.48 bits per heavy atom. The highest BCUT2D eigenvalue weighted by atomic mass is 16.5. The van der Waals surface area contributed by atoms with Crippen LogP contribution in [0.4, 0.5) is 0 Å². The first-order valence-corrected chi connectivity index (χ1v) is 7.75. The molecule has 1 fully saturated rings. The largest absolute Gasteiger partial charge is 0.496 e. The molecule has 2 N–H and O–H groups in total. The minimum atomic E-state index is -0.312. The molecule has 4 heteroatoms. The molecule has 21 heavy (non-hydrogen) atoms. The lowest BCUT2D eigenvalue weighted by Gasteiger charge is -2.34. The van der Waals surface area contributed by atoms with Crippen molar-refractivity contribution < 1.29 is 9.53 Å². The van der Waals surface area contributed by atoms with E-state index in [9.17, 15) is 4.79 Å². The van der Waals surface area contributed by atoms with Gasteiger partial charge in [0.2, 0.25) is 5.91 Å². The van der Waals surface area contributed by atoms with Crippen molar-refractivity contribution in [2.75, 3.05) is 20.2 Å². The molecule has 1 aliphatic heterocycles. The minimum Gasteiger partial charge on any atom is -0.496 e. The molecule has 0 spiro atoms. The summed E-state index contributed by atoms with van der Waals surface area (Å²) in [7, 11) is 1.67. The number of piperidine rings is 1. The summed E-state index contributed by atoms with van der Waals surface area (Å²) >= 11 is 0. The summed E-state index contributed by atoms with van der Waals surface area (Å²) in [4.78, 5) is 12.7. The number of nitrogens with one attached hydrogen (secondary N) is 2. The molecule has 1 saturated heterocycles. The third kappa shape index (κ3) is 3.56. The van der Waals surface area contributed by atoms with Crippen molar-refractivity contribution in [1.82, 2.24) is 10.6 Å². The van der Waals surface area contributed by atoms with Crippen molar-refractivity contribution in [1.29, 1.82) is 0 Å². The Hall–Kier alpha value is -1.55. The molecule has 1 amide bonds. The summed E-state index contributed by atoms with van der Waals surface area (Å²) < 4.78 is 5.42. The highest BCUT2D eigenvalue weighted by Crippen LogP contribution is 2.30. The van der Waals surface area contributed by atoms with Crippen LogP contribution in [0.2, 0.25) is 0 Å². The summed E-state index contributed by atoms with van der Waals surface area (Å²) in [6, 6.07) is 7.88. The smallest absolute Gasteiger partial charge is 0.227 e. The van der Waals surface area contributed by atoms with Crippen LogP contribution in [0.5, 0.6) is 5.75 Å². The number of benzene rings is 1. The van der Waals surface area contributed by atoms with Gasteiger partial charge in [-0.05, 0) is 38.8 Å². The van der Waals surface area contributed by atoms with Gasteiger partial charge in [-0.2, -0.15) is 0 Å². The van der Waals surface area contributed by atoms with Gasteiger partial charge in [-0.25, -0.2) is 0 Å². The molecule has 116 valence electrons. The molecule has 4 nitrogen and oxygen atoms in total. The van der Waals surface area contributed by atoms with E-state index in [1.54, 1.807) is 7.11 Å². The lowest BCUT2D eigenvalue weighted by molar-refractivity contribution is -0.132. The number of para-hydroxylation sites is 1. The van der Waals surface area contributed by atoms with Gasteiger partial charge in [0.05, 0.1) is 18.6 Å². The second kappa shape index (κ2) is 6.94. The lowest BCUT2D eigenvalue weighted by atomic mass is 9.81. The van der Waals surface area contributed by atoms with Gasteiger partial charge in [-0.15, -0.1) is 0 Å². The summed E-state index contributed by atoms with van der Waals surface area (Å²) in [6.07, 6.45) is 2.83. The van der Waals surface area contributed by atoms with Crippen molar-refractivity contribution in [2.24, 2.45) is 5.41 Å². The molecular weight excluding hydrogens is 264 g/mol. The van der Waals surface area contributed by atoms with Crippen LogP contribution in [0.3, 0.4) is 0 Å². The van der Waals surface area contributed by atoms with E-state index in [0.29, 0.717) is 0 Å². The fourth-order valence-electron chi connectivity index (χ4n) is 2.94. The average molecular weight is 290 g/mol. The number of methoxy groups -OCH3 is 1. The zero-order valence-corrected chi connectivity index (χ0v) is 13.2. The summed E-state index contributed by atoms with van der Waals surface area (Å²) in [5, 5.41) is 6.53. The first-order chi connectivity index (χ1) is 10.1. The SMILES string of the molecule is CCC(NC(=O)C1(C)CCCNC1)c1ccccc1OC. The van der Waals surface area contributed by atoms with E-state index in [1.165, 1.54) is 0 Å². The molecule has 1 aliphatic rings. The van der Waals surface area contributed by atoms with Gasteiger partial charge in [-0.3, -0.25) is 4.79 Å². The van der Waals surface area contributed by atoms with Gasteiger partial charge in [0.1, 0.15) is 5.75 Å². The van der Waals surface area contributed by atoms with Crippen LogP contribution in [0.25, 0.3) is 0 Å². The number of amides is 1. The van der Waals surface area contributed by atoms with Crippen molar-refractivity contribution >= 4 is 5.91 Å². The molecule has 0 saturated carbocycles. The van der Waals surface area contributed by atoms with Gasteiger partial charge in [-0.1, -0.05) is 25.1 Å². The lowest BCUT2D eigenvalue weighted by Crippen LogP contribution is -2.49. The predicted molar refractivity (Wildman–Crippen MR) is 84.4 cm³/mol. The molecule has 1 heterocycles. The number of hydrogen-bond acceptors (Lipinski definition) is 3. The predicted octanol–water partition coefficient (Wildman–Crippen LogP) is 2.65. The monoisotopic (exact) mass is 290 g/mol. The van der Waals surface area contributed by atoms with E-state index in [1.807, 2.05) is 31.2 Å². The van der Waals surface area contributed by atoms with Gasteiger partial charge < -0.3 is 15.4 Å². The molecule has 1 aromatic carbocycles. The molecule has 2 unspecified atom stereocenters. The van der Waals surface area contributed by atoms with Crippen LogP contribution < -0.4 is 15.4 Å². The highest BCUT2D eigenvalue weighted by molar-refractivity contribution is 5.83. The number of carbonyl (C=O) groups is 1. The van der Waals surface area contributed by atoms with Crippen LogP contribution in [0.15, 0.2) is 24.3 Å². The van der Waals surface area contributed by atoms with Crippen LogP contribution in [0.1, 0.15) is 44.7 Å². The van der Waals surface area contributed by atoms with Crippen LogP contribution >= 0.6 is 0 Å². The molecule has 0 aromatic heterocycles. The second-order valence-corrected chi connectivity index (χ2v) is 6.02. The minimum absolute atomic E-state index is 0.00704. The Morgan fingerprint density at radius 3 is 2.86 bits per heavy atom. The molecule has 0 bridgehead atoms. The van der Waals surface area contributed by atoms with E-state index in [2.05, 4.69) is 17.6 Å². The Bertz CT molecular complexity index is 481. The van der Waals surface area contributed by atoms with E-state index in [0.717, 1.165) is 43.7 Å². The average Bonchev–Trinajstić information content (AvgIpc) is 2.53. The summed E-state index contributed by atoms with van der Waals surface area (Å²) in [5.41, 5.74) is 0.733. The Labute approximate surface area is 127 Å². The van der Waals surface area contributed by atoms with E-state index in [-0.39, 0.29) is 17.4 Å². The fraction of sp³-hybridized carbons (Fsp3) is 0.588. The van der Waals surface area contributed by atoms with Crippen molar-refractivity contribution in [2.45, 2.75) is 39.2 Å². The topological polar surface area (TPSA) is 50.4 Å². The Kier molecular flexibility index (Phi) is 5.23. The van der Waals surface area contributed by atoms with E-state index < -0.39 is 0 Å². The van der Waals surface area contributed by atoms with E-state index in [4.69, 9.17) is 4.74 Å². The first kappa shape index (κ1) is 15.8. The van der Waals surface area contributed by atoms with Gasteiger partial charge in [0.15, 0.2) is 0 Å². The van der Waals surface area contributed by atoms with Crippen LogP contribution in [-0.4, -0.2) is 26.1 Å². The van der Waals surface area contributed by atoms with Crippen molar-refractivity contribution in [3.8, 4) is 5.75 Å². The first-order valence-electron chi connectivity index (χ1n) is 7.75. The van der Waals surface area contributed by atoms with Gasteiger partial charge in [0.25, 0.3) is 0 Å². The Morgan fingerprint density at radius 2 is 2.24 bits per heavy atom. The summed E-state index contributed by atoms with van der Waals surface area (Å²) in [5.74, 6) is 0.962. The normalized spacial score (nSPS) is 23.4. The molecule has 1 aromatic rings. The maximum absolute atomic E-state index is 12.7. The molecule has 0 radical (unpaired) electrons. The third-order valence-corrected chi connectivity index (χ3v) is 4.37. The van der Waals surface area contributed by atoms with Gasteiger partial charge >= 0.3 is 0 Å². The standard InChI is InChI=1S/C17H26N2O2/c1-4-14(13-8-5-6-9-15(13)21-3)19-16(20)17(2)10-7-11-18-12-17/h5-6,8-9,14,18H,4,7,10-12H2,1-3H3,(H,19,20). The number of rotatable bonds is 5. The molecule has 2 atom stereocenters. The number of carbonyl (C=O) groups excluding carboxylic acids is 1. The maximum atomic E-state index is 12.7. The van der Waals surface area contributed by atoms with E-state index >= 15 is 0 Å². The quantitative estimate of drug-likeness (QED) is 0.876. The molecule has 0 aliphatic carbocycles. The van der Waals surface area contributed by atoms with Crippen LogP contribution in [-0.2, 0) is 4.79 Å². The van der Waals surface area contributed by atoms with Crippen LogP contribution in [0, 0.1) is 5.41 Å². The number of hydrogen-bond donors (Lipinski definition) is 2.